The van der Waals surface area contributed by atoms with Crippen LogP contribution in [0.4, 0.5) is 10.2 Å². The molecule has 1 atom stereocenters. The summed E-state index contributed by atoms with van der Waals surface area (Å²) >= 11 is 0. The van der Waals surface area contributed by atoms with Crippen LogP contribution in [-0.4, -0.2) is 28.5 Å². The quantitative estimate of drug-likeness (QED) is 0.759. The highest BCUT2D eigenvalue weighted by Gasteiger charge is 2.13. The molecule has 0 radical (unpaired) electrons. The molecule has 1 amide bonds. The topological polar surface area (TPSA) is 66.9 Å². The second-order valence-electron chi connectivity index (χ2n) is 4.23. The Balaban J connectivity index is 2.48. The van der Waals surface area contributed by atoms with Crippen molar-refractivity contribution in [3.05, 3.63) is 18.3 Å². The SMILES string of the molecule is CC(C)CNC(=O)C(C)Nc1cc(F)ncn1. The van der Waals surface area contributed by atoms with Crippen molar-refractivity contribution in [2.45, 2.75) is 26.8 Å². The van der Waals surface area contributed by atoms with Gasteiger partial charge in [0.15, 0.2) is 0 Å². The van der Waals surface area contributed by atoms with Gasteiger partial charge in [-0.2, -0.15) is 4.39 Å². The van der Waals surface area contributed by atoms with Crippen molar-refractivity contribution in [2.75, 3.05) is 11.9 Å². The van der Waals surface area contributed by atoms with E-state index in [9.17, 15) is 9.18 Å². The van der Waals surface area contributed by atoms with Crippen LogP contribution in [0.3, 0.4) is 0 Å². The second-order valence-corrected chi connectivity index (χ2v) is 4.23. The summed E-state index contributed by atoms with van der Waals surface area (Å²) in [6.45, 7) is 6.33. The van der Waals surface area contributed by atoms with E-state index in [1.165, 1.54) is 0 Å². The van der Waals surface area contributed by atoms with E-state index in [0.29, 0.717) is 18.3 Å². The second kappa shape index (κ2) is 6.12. The Hall–Kier alpha value is -1.72. The molecule has 0 aliphatic rings. The third-order valence-electron chi connectivity index (χ3n) is 2.08. The number of anilines is 1. The first-order valence-electron chi connectivity index (χ1n) is 5.51. The number of rotatable bonds is 5. The Morgan fingerprint density at radius 1 is 1.41 bits per heavy atom. The van der Waals surface area contributed by atoms with E-state index >= 15 is 0 Å². The number of nitrogens with zero attached hydrogens (tertiary/aromatic N) is 2. The van der Waals surface area contributed by atoms with Crippen molar-refractivity contribution in [3.8, 4) is 0 Å². The number of carbonyl (C=O) groups is 1. The lowest BCUT2D eigenvalue weighted by molar-refractivity contribution is -0.121. The zero-order chi connectivity index (χ0) is 12.8. The molecule has 0 aliphatic carbocycles. The van der Waals surface area contributed by atoms with Gasteiger partial charge in [0.05, 0.1) is 0 Å². The molecule has 94 valence electrons. The molecule has 2 N–H and O–H groups in total. The number of amides is 1. The molecule has 0 spiro atoms. The average Bonchev–Trinajstić information content (AvgIpc) is 2.25. The van der Waals surface area contributed by atoms with Gasteiger partial charge >= 0.3 is 0 Å². The number of hydrogen-bond donors (Lipinski definition) is 2. The van der Waals surface area contributed by atoms with Crippen LogP contribution >= 0.6 is 0 Å². The minimum Gasteiger partial charge on any atom is -0.358 e. The lowest BCUT2D eigenvalue weighted by atomic mass is 10.2. The first-order chi connectivity index (χ1) is 7.99. The fourth-order valence-electron chi connectivity index (χ4n) is 1.16. The van der Waals surface area contributed by atoms with Crippen LogP contribution in [-0.2, 0) is 4.79 Å². The molecular weight excluding hydrogens is 223 g/mol. The normalized spacial score (nSPS) is 12.3. The van der Waals surface area contributed by atoms with E-state index in [0.717, 1.165) is 12.4 Å². The molecule has 1 aromatic heterocycles. The van der Waals surface area contributed by atoms with Gasteiger partial charge in [0.1, 0.15) is 18.2 Å². The third-order valence-corrected chi connectivity index (χ3v) is 2.08. The highest BCUT2D eigenvalue weighted by Crippen LogP contribution is 2.04. The van der Waals surface area contributed by atoms with Crippen LogP contribution in [0, 0.1) is 11.9 Å². The summed E-state index contributed by atoms with van der Waals surface area (Å²) in [4.78, 5) is 18.8. The predicted octanol–water partition coefficient (Wildman–Crippen LogP) is 1.19. The fourth-order valence-corrected chi connectivity index (χ4v) is 1.16. The molecule has 1 rings (SSSR count). The Morgan fingerprint density at radius 3 is 2.71 bits per heavy atom. The first-order valence-corrected chi connectivity index (χ1v) is 5.51. The van der Waals surface area contributed by atoms with Gasteiger partial charge in [0.2, 0.25) is 11.9 Å². The first kappa shape index (κ1) is 13.3. The maximum absolute atomic E-state index is 12.8. The van der Waals surface area contributed by atoms with Crippen molar-refractivity contribution in [2.24, 2.45) is 5.92 Å². The molecule has 1 aromatic rings. The van der Waals surface area contributed by atoms with Crippen LogP contribution in [0.2, 0.25) is 0 Å². The Morgan fingerprint density at radius 2 is 2.12 bits per heavy atom. The van der Waals surface area contributed by atoms with Gasteiger partial charge in [-0.3, -0.25) is 4.79 Å². The molecule has 17 heavy (non-hydrogen) atoms. The number of aromatic nitrogens is 2. The van der Waals surface area contributed by atoms with Gasteiger partial charge in [-0.1, -0.05) is 13.8 Å². The Bertz CT molecular complexity index is 383. The van der Waals surface area contributed by atoms with Crippen molar-refractivity contribution < 1.29 is 9.18 Å². The molecular formula is C11H17FN4O. The largest absolute Gasteiger partial charge is 0.358 e. The van der Waals surface area contributed by atoms with E-state index < -0.39 is 12.0 Å². The van der Waals surface area contributed by atoms with Crippen LogP contribution in [0.5, 0.6) is 0 Å². The summed E-state index contributed by atoms with van der Waals surface area (Å²) in [7, 11) is 0. The fraction of sp³-hybridized carbons (Fsp3) is 0.545. The zero-order valence-electron chi connectivity index (χ0n) is 10.2. The van der Waals surface area contributed by atoms with Crippen molar-refractivity contribution in [1.82, 2.24) is 15.3 Å². The number of hydrogen-bond acceptors (Lipinski definition) is 4. The predicted molar refractivity (Wildman–Crippen MR) is 62.9 cm³/mol. The third kappa shape index (κ3) is 4.76. The van der Waals surface area contributed by atoms with Gasteiger partial charge in [-0.15, -0.1) is 0 Å². The summed E-state index contributed by atoms with van der Waals surface area (Å²) in [5.41, 5.74) is 0. The summed E-state index contributed by atoms with van der Waals surface area (Å²) < 4.78 is 12.8. The molecule has 0 aromatic carbocycles. The lowest BCUT2D eigenvalue weighted by Gasteiger charge is -2.15. The van der Waals surface area contributed by atoms with Crippen LogP contribution in [0.25, 0.3) is 0 Å². The minimum atomic E-state index is -0.628. The van der Waals surface area contributed by atoms with Crippen LogP contribution in [0.1, 0.15) is 20.8 Å². The average molecular weight is 240 g/mol. The maximum atomic E-state index is 12.8. The van der Waals surface area contributed by atoms with E-state index in [4.69, 9.17) is 0 Å². The lowest BCUT2D eigenvalue weighted by Crippen LogP contribution is -2.39. The van der Waals surface area contributed by atoms with Crippen molar-refractivity contribution in [3.63, 3.8) is 0 Å². The zero-order valence-corrected chi connectivity index (χ0v) is 10.2. The van der Waals surface area contributed by atoms with Gasteiger partial charge < -0.3 is 10.6 Å². The molecule has 1 heterocycles. The van der Waals surface area contributed by atoms with Crippen molar-refractivity contribution in [1.29, 1.82) is 0 Å². The molecule has 0 saturated carbocycles. The molecule has 6 heteroatoms. The summed E-state index contributed by atoms with van der Waals surface area (Å²) in [5.74, 6) is -0.0812. The van der Waals surface area contributed by atoms with Gasteiger partial charge in [0, 0.05) is 12.6 Å². The summed E-state index contributed by atoms with van der Waals surface area (Å²) in [5, 5.41) is 5.58. The highest BCUT2D eigenvalue weighted by molar-refractivity contribution is 5.83. The van der Waals surface area contributed by atoms with E-state index in [1.807, 2.05) is 13.8 Å². The molecule has 0 fully saturated rings. The number of carbonyl (C=O) groups excluding carboxylic acids is 1. The van der Waals surface area contributed by atoms with Crippen LogP contribution < -0.4 is 10.6 Å². The van der Waals surface area contributed by atoms with Crippen molar-refractivity contribution >= 4 is 11.7 Å². The molecule has 0 aliphatic heterocycles. The maximum Gasteiger partial charge on any atom is 0.242 e. The van der Waals surface area contributed by atoms with Gasteiger partial charge in [-0.25, -0.2) is 9.97 Å². The summed E-state index contributed by atoms with van der Waals surface area (Å²) in [6.07, 6.45) is 1.11. The Labute approximate surface area is 99.9 Å². The standard InChI is InChI=1S/C11H17FN4O/c1-7(2)5-13-11(17)8(3)16-10-4-9(12)14-6-15-10/h4,6-8H,5H2,1-3H3,(H,13,17)(H,14,15,16). The minimum absolute atomic E-state index is 0.141. The van der Waals surface area contributed by atoms with Gasteiger partial charge in [-0.05, 0) is 12.8 Å². The van der Waals surface area contributed by atoms with E-state index in [1.54, 1.807) is 6.92 Å². The molecule has 5 nitrogen and oxygen atoms in total. The van der Waals surface area contributed by atoms with E-state index in [-0.39, 0.29) is 5.91 Å². The molecule has 1 unspecified atom stereocenters. The number of nitrogens with one attached hydrogen (secondary N) is 2. The summed E-state index contributed by atoms with van der Waals surface area (Å²) in [6, 6.07) is 0.676. The molecule has 0 saturated heterocycles. The molecule has 0 bridgehead atoms. The van der Waals surface area contributed by atoms with E-state index in [2.05, 4.69) is 20.6 Å². The van der Waals surface area contributed by atoms with Crippen LogP contribution in [0.15, 0.2) is 12.4 Å². The highest BCUT2D eigenvalue weighted by atomic mass is 19.1. The monoisotopic (exact) mass is 240 g/mol. The van der Waals surface area contributed by atoms with Gasteiger partial charge in [0.25, 0.3) is 0 Å². The number of halogens is 1. The Kier molecular flexibility index (Phi) is 4.81. The smallest absolute Gasteiger partial charge is 0.242 e.